The highest BCUT2D eigenvalue weighted by Gasteiger charge is 2.35. The average Bonchev–Trinajstić information content (AvgIpc) is 2.84. The van der Waals surface area contributed by atoms with Crippen LogP contribution in [0.4, 0.5) is 5.69 Å². The fraction of sp³-hybridized carbons (Fsp3) is 0.0769. The van der Waals surface area contributed by atoms with Crippen LogP contribution in [0.25, 0.3) is 22.1 Å². The third kappa shape index (κ3) is 3.34. The second-order valence-electron chi connectivity index (χ2n) is 7.67. The molecule has 3 aromatic carbocycles. The van der Waals surface area contributed by atoms with Gasteiger partial charge in [0, 0.05) is 5.69 Å². The molecule has 0 radical (unpaired) electrons. The molecule has 0 spiro atoms. The molecule has 0 saturated heterocycles. The van der Waals surface area contributed by atoms with Crippen LogP contribution in [0.2, 0.25) is 0 Å². The Kier molecular flexibility index (Phi) is 4.76. The SMILES string of the molecule is COc1cccc(-c2ccc(C3C(C#N)=C(N)Oc4c3c(=O)oc3ccc(N)cc43)cc2)c1. The van der Waals surface area contributed by atoms with E-state index in [1.807, 2.05) is 48.5 Å². The number of nitrogen functional groups attached to an aromatic ring is 1. The molecule has 4 N–H and O–H groups in total. The minimum absolute atomic E-state index is 0.0544. The van der Waals surface area contributed by atoms with Gasteiger partial charge in [-0.05, 0) is 47.0 Å². The fourth-order valence-electron chi connectivity index (χ4n) is 4.14. The number of nitrogens with two attached hydrogens (primary N) is 2. The topological polar surface area (TPSA) is 124 Å². The van der Waals surface area contributed by atoms with E-state index in [0.717, 1.165) is 16.9 Å². The zero-order valence-electron chi connectivity index (χ0n) is 17.7. The second kappa shape index (κ2) is 7.77. The fourth-order valence-corrected chi connectivity index (χ4v) is 4.14. The first-order valence-electron chi connectivity index (χ1n) is 10.2. The summed E-state index contributed by atoms with van der Waals surface area (Å²) in [5, 5.41) is 10.3. The Hall–Kier alpha value is -4.70. The number of nitrogens with zero attached hydrogens (tertiary/aromatic N) is 1. The van der Waals surface area contributed by atoms with E-state index in [4.69, 9.17) is 25.4 Å². The summed E-state index contributed by atoms with van der Waals surface area (Å²) in [6.07, 6.45) is 0. The van der Waals surface area contributed by atoms with E-state index < -0.39 is 11.5 Å². The lowest BCUT2D eigenvalue weighted by Gasteiger charge is -2.26. The van der Waals surface area contributed by atoms with Gasteiger partial charge in [0.25, 0.3) is 0 Å². The molecule has 0 amide bonds. The van der Waals surface area contributed by atoms with Crippen LogP contribution in [0.1, 0.15) is 17.0 Å². The average molecular weight is 437 g/mol. The van der Waals surface area contributed by atoms with Crippen LogP contribution >= 0.6 is 0 Å². The Labute approximate surface area is 189 Å². The van der Waals surface area contributed by atoms with E-state index in [1.165, 1.54) is 0 Å². The molecule has 1 aliphatic rings. The summed E-state index contributed by atoms with van der Waals surface area (Å²) in [4.78, 5) is 13.0. The molecule has 5 rings (SSSR count). The molecular formula is C26H19N3O4. The van der Waals surface area contributed by atoms with E-state index in [0.29, 0.717) is 22.2 Å². The molecule has 0 fully saturated rings. The van der Waals surface area contributed by atoms with Crippen molar-refractivity contribution in [1.82, 2.24) is 0 Å². The number of benzene rings is 3. The van der Waals surface area contributed by atoms with Crippen molar-refractivity contribution >= 4 is 16.7 Å². The summed E-state index contributed by atoms with van der Waals surface area (Å²) in [7, 11) is 1.62. The van der Waals surface area contributed by atoms with Crippen molar-refractivity contribution in [1.29, 1.82) is 5.26 Å². The number of nitriles is 1. The molecule has 33 heavy (non-hydrogen) atoms. The van der Waals surface area contributed by atoms with Gasteiger partial charge in [-0.15, -0.1) is 0 Å². The monoisotopic (exact) mass is 437 g/mol. The van der Waals surface area contributed by atoms with Gasteiger partial charge in [0.1, 0.15) is 23.0 Å². The van der Waals surface area contributed by atoms with Gasteiger partial charge in [-0.2, -0.15) is 5.26 Å². The number of ether oxygens (including phenoxy) is 2. The van der Waals surface area contributed by atoms with Gasteiger partial charge in [0.05, 0.1) is 24.0 Å². The molecule has 0 saturated carbocycles. The van der Waals surface area contributed by atoms with Crippen molar-refractivity contribution in [2.45, 2.75) is 5.92 Å². The molecular weight excluding hydrogens is 418 g/mol. The van der Waals surface area contributed by atoms with Crippen LogP contribution in [0, 0.1) is 11.3 Å². The summed E-state index contributed by atoms with van der Waals surface area (Å²) in [6.45, 7) is 0. The lowest BCUT2D eigenvalue weighted by atomic mass is 9.83. The molecule has 162 valence electrons. The molecule has 7 heteroatoms. The van der Waals surface area contributed by atoms with Gasteiger partial charge in [-0.25, -0.2) is 4.79 Å². The van der Waals surface area contributed by atoms with Crippen molar-refractivity contribution in [2.75, 3.05) is 12.8 Å². The van der Waals surface area contributed by atoms with Gasteiger partial charge in [0.2, 0.25) is 5.88 Å². The number of allylic oxidation sites excluding steroid dienone is 1. The zero-order chi connectivity index (χ0) is 23.1. The number of rotatable bonds is 3. The smallest absolute Gasteiger partial charge is 0.344 e. The molecule has 2 heterocycles. The minimum atomic E-state index is -0.736. The van der Waals surface area contributed by atoms with Crippen LogP contribution in [-0.4, -0.2) is 7.11 Å². The molecule has 1 unspecified atom stereocenters. The quantitative estimate of drug-likeness (QED) is 0.362. The number of anilines is 1. The summed E-state index contributed by atoms with van der Waals surface area (Å²) in [6, 6.07) is 22.3. The standard InChI is InChI=1S/C26H19N3O4/c1-31-18-4-2-3-16(11-18)14-5-7-15(8-6-14)22-20(13-27)25(29)33-24-19-12-17(28)9-10-21(19)32-26(30)23(22)24/h2-12,22H,28-29H2,1H3. The first-order chi connectivity index (χ1) is 16.0. The van der Waals surface area contributed by atoms with E-state index >= 15 is 0 Å². The van der Waals surface area contributed by atoms with Crippen molar-refractivity contribution in [3.63, 3.8) is 0 Å². The largest absolute Gasteiger partial charge is 0.497 e. The normalized spacial score (nSPS) is 15.0. The first-order valence-corrected chi connectivity index (χ1v) is 10.2. The van der Waals surface area contributed by atoms with E-state index in [1.54, 1.807) is 25.3 Å². The lowest BCUT2D eigenvalue weighted by Crippen LogP contribution is -2.26. The van der Waals surface area contributed by atoms with Crippen LogP contribution in [-0.2, 0) is 0 Å². The van der Waals surface area contributed by atoms with Gasteiger partial charge < -0.3 is 25.4 Å². The summed E-state index contributed by atoms with van der Waals surface area (Å²) < 4.78 is 16.6. The highest BCUT2D eigenvalue weighted by molar-refractivity contribution is 5.88. The Balaban J connectivity index is 1.68. The van der Waals surface area contributed by atoms with Crippen LogP contribution in [0.5, 0.6) is 11.5 Å². The molecule has 0 aliphatic carbocycles. The van der Waals surface area contributed by atoms with Gasteiger partial charge in [-0.1, -0.05) is 36.4 Å². The highest BCUT2D eigenvalue weighted by atomic mass is 16.5. The van der Waals surface area contributed by atoms with Gasteiger partial charge in [-0.3, -0.25) is 0 Å². The number of hydrogen-bond donors (Lipinski definition) is 2. The molecule has 1 aromatic heterocycles. The molecule has 7 nitrogen and oxygen atoms in total. The van der Waals surface area contributed by atoms with Crippen molar-refractivity contribution in [3.8, 4) is 28.7 Å². The molecule has 1 atom stereocenters. The van der Waals surface area contributed by atoms with Crippen molar-refractivity contribution in [2.24, 2.45) is 5.73 Å². The third-order valence-corrected chi connectivity index (χ3v) is 5.74. The van der Waals surface area contributed by atoms with Gasteiger partial charge >= 0.3 is 5.63 Å². The zero-order valence-corrected chi connectivity index (χ0v) is 17.7. The highest BCUT2D eigenvalue weighted by Crippen LogP contribution is 2.44. The number of fused-ring (bicyclic) bond motifs is 3. The lowest BCUT2D eigenvalue weighted by molar-refractivity contribution is 0.388. The van der Waals surface area contributed by atoms with Crippen molar-refractivity contribution < 1.29 is 13.9 Å². The predicted molar refractivity (Wildman–Crippen MR) is 125 cm³/mol. The third-order valence-electron chi connectivity index (χ3n) is 5.74. The molecule has 1 aliphatic heterocycles. The Bertz CT molecular complexity index is 1530. The maximum Gasteiger partial charge on any atom is 0.344 e. The van der Waals surface area contributed by atoms with Crippen LogP contribution in [0.15, 0.2) is 87.4 Å². The van der Waals surface area contributed by atoms with E-state index in [-0.39, 0.29) is 22.8 Å². The Morgan fingerprint density at radius 2 is 1.79 bits per heavy atom. The van der Waals surface area contributed by atoms with Crippen molar-refractivity contribution in [3.05, 3.63) is 99.7 Å². The van der Waals surface area contributed by atoms with Crippen LogP contribution in [0.3, 0.4) is 0 Å². The number of hydrogen-bond acceptors (Lipinski definition) is 7. The number of methoxy groups -OCH3 is 1. The maximum atomic E-state index is 13.0. The maximum absolute atomic E-state index is 13.0. The van der Waals surface area contributed by atoms with Gasteiger partial charge in [0.15, 0.2) is 5.75 Å². The van der Waals surface area contributed by atoms with E-state index in [9.17, 15) is 10.1 Å². The summed E-state index contributed by atoms with van der Waals surface area (Å²) in [5.74, 6) is 0.217. The predicted octanol–water partition coefficient (Wildman–Crippen LogP) is 4.27. The summed E-state index contributed by atoms with van der Waals surface area (Å²) in [5.41, 5.74) is 15.3. The molecule has 0 bridgehead atoms. The van der Waals surface area contributed by atoms with E-state index in [2.05, 4.69) is 6.07 Å². The Morgan fingerprint density at radius 1 is 1.00 bits per heavy atom. The second-order valence-corrected chi connectivity index (χ2v) is 7.67. The Morgan fingerprint density at radius 3 is 2.52 bits per heavy atom. The van der Waals surface area contributed by atoms with Crippen LogP contribution < -0.4 is 26.6 Å². The minimum Gasteiger partial charge on any atom is -0.497 e. The first kappa shape index (κ1) is 20.2. The molecule has 4 aromatic rings. The summed E-state index contributed by atoms with van der Waals surface area (Å²) >= 11 is 0.